The average Bonchev–Trinajstić information content (AvgIpc) is 2.16. The summed E-state index contributed by atoms with van der Waals surface area (Å²) >= 11 is 0. The zero-order chi connectivity index (χ0) is 8.97. The molecule has 2 atom stereocenters. The SMILES string of the molecule is COC(=O)[C@@H]1CCCC[C@@H]1CN. The Kier molecular flexibility index (Phi) is 3.53. The molecule has 0 saturated heterocycles. The van der Waals surface area contributed by atoms with E-state index in [1.165, 1.54) is 13.5 Å². The van der Waals surface area contributed by atoms with Gasteiger partial charge in [0, 0.05) is 0 Å². The lowest BCUT2D eigenvalue weighted by atomic mass is 9.79. The van der Waals surface area contributed by atoms with Crippen LogP contribution in [0.3, 0.4) is 0 Å². The van der Waals surface area contributed by atoms with Crippen LogP contribution in [0.5, 0.6) is 0 Å². The minimum Gasteiger partial charge on any atom is -0.469 e. The molecular formula is C9H17NO2. The molecule has 0 heterocycles. The van der Waals surface area contributed by atoms with E-state index in [1.54, 1.807) is 0 Å². The maximum Gasteiger partial charge on any atom is 0.308 e. The zero-order valence-electron chi connectivity index (χ0n) is 7.58. The minimum atomic E-state index is -0.0786. The van der Waals surface area contributed by atoms with Crippen LogP contribution in [0.2, 0.25) is 0 Å². The summed E-state index contributed by atoms with van der Waals surface area (Å²) in [5, 5.41) is 0. The van der Waals surface area contributed by atoms with Gasteiger partial charge in [0.1, 0.15) is 0 Å². The molecule has 1 fully saturated rings. The van der Waals surface area contributed by atoms with E-state index in [-0.39, 0.29) is 11.9 Å². The number of hydrogen-bond acceptors (Lipinski definition) is 3. The van der Waals surface area contributed by atoms with Crippen molar-refractivity contribution in [3.8, 4) is 0 Å². The van der Waals surface area contributed by atoms with Crippen molar-refractivity contribution in [1.82, 2.24) is 0 Å². The molecule has 12 heavy (non-hydrogen) atoms. The molecule has 3 heteroatoms. The third kappa shape index (κ3) is 1.97. The largest absolute Gasteiger partial charge is 0.469 e. The lowest BCUT2D eigenvalue weighted by molar-refractivity contribution is -0.148. The van der Waals surface area contributed by atoms with Gasteiger partial charge in [0.05, 0.1) is 13.0 Å². The van der Waals surface area contributed by atoms with E-state index in [9.17, 15) is 4.79 Å². The second-order valence-corrected chi connectivity index (χ2v) is 3.41. The maximum absolute atomic E-state index is 11.3. The summed E-state index contributed by atoms with van der Waals surface area (Å²) in [6.07, 6.45) is 4.37. The van der Waals surface area contributed by atoms with Gasteiger partial charge in [-0.1, -0.05) is 12.8 Å². The Morgan fingerprint density at radius 2 is 2.17 bits per heavy atom. The van der Waals surface area contributed by atoms with Crippen LogP contribution < -0.4 is 5.73 Å². The molecule has 2 N–H and O–H groups in total. The molecule has 1 saturated carbocycles. The van der Waals surface area contributed by atoms with Gasteiger partial charge in [-0.25, -0.2) is 0 Å². The number of carbonyl (C=O) groups excluding carboxylic acids is 1. The number of esters is 1. The summed E-state index contributed by atoms with van der Waals surface area (Å²) in [7, 11) is 1.45. The van der Waals surface area contributed by atoms with Crippen LogP contribution in [0.4, 0.5) is 0 Å². The normalized spacial score (nSPS) is 29.8. The molecule has 0 amide bonds. The Bertz CT molecular complexity index is 159. The molecule has 0 aliphatic heterocycles. The van der Waals surface area contributed by atoms with Gasteiger partial charge in [0.25, 0.3) is 0 Å². The van der Waals surface area contributed by atoms with Crippen molar-refractivity contribution in [1.29, 1.82) is 0 Å². The van der Waals surface area contributed by atoms with E-state index in [0.717, 1.165) is 19.3 Å². The molecule has 1 rings (SSSR count). The van der Waals surface area contributed by atoms with Gasteiger partial charge in [0.15, 0.2) is 0 Å². The fourth-order valence-electron chi connectivity index (χ4n) is 1.95. The first-order chi connectivity index (χ1) is 5.79. The highest BCUT2D eigenvalue weighted by Gasteiger charge is 2.30. The molecule has 0 aromatic carbocycles. The quantitative estimate of drug-likeness (QED) is 0.629. The number of carbonyl (C=O) groups is 1. The van der Waals surface area contributed by atoms with E-state index >= 15 is 0 Å². The Morgan fingerprint density at radius 3 is 2.75 bits per heavy atom. The fraction of sp³-hybridized carbons (Fsp3) is 0.889. The van der Waals surface area contributed by atoms with Crippen LogP contribution in [0.1, 0.15) is 25.7 Å². The molecular weight excluding hydrogens is 154 g/mol. The van der Waals surface area contributed by atoms with Crippen molar-refractivity contribution in [2.45, 2.75) is 25.7 Å². The first-order valence-electron chi connectivity index (χ1n) is 4.57. The molecule has 0 aromatic rings. The monoisotopic (exact) mass is 171 g/mol. The Labute approximate surface area is 73.3 Å². The highest BCUT2D eigenvalue weighted by atomic mass is 16.5. The summed E-state index contributed by atoms with van der Waals surface area (Å²) < 4.78 is 4.73. The Hall–Kier alpha value is -0.570. The average molecular weight is 171 g/mol. The Balaban J connectivity index is 2.52. The summed E-state index contributed by atoms with van der Waals surface area (Å²) in [6, 6.07) is 0. The number of ether oxygens (including phenoxy) is 1. The van der Waals surface area contributed by atoms with Crippen molar-refractivity contribution in [2.75, 3.05) is 13.7 Å². The molecule has 1 aliphatic rings. The second kappa shape index (κ2) is 4.45. The van der Waals surface area contributed by atoms with Gasteiger partial charge >= 0.3 is 5.97 Å². The van der Waals surface area contributed by atoms with Crippen molar-refractivity contribution in [3.05, 3.63) is 0 Å². The molecule has 3 nitrogen and oxygen atoms in total. The van der Waals surface area contributed by atoms with Gasteiger partial charge in [-0.15, -0.1) is 0 Å². The lowest BCUT2D eigenvalue weighted by Gasteiger charge is -2.28. The molecule has 0 radical (unpaired) electrons. The van der Waals surface area contributed by atoms with Crippen LogP contribution in [-0.2, 0) is 9.53 Å². The first-order valence-corrected chi connectivity index (χ1v) is 4.57. The zero-order valence-corrected chi connectivity index (χ0v) is 7.58. The van der Waals surface area contributed by atoms with Gasteiger partial charge in [-0.2, -0.15) is 0 Å². The van der Waals surface area contributed by atoms with Crippen LogP contribution in [0.25, 0.3) is 0 Å². The van der Waals surface area contributed by atoms with Crippen molar-refractivity contribution in [3.63, 3.8) is 0 Å². The Morgan fingerprint density at radius 1 is 1.50 bits per heavy atom. The van der Waals surface area contributed by atoms with Crippen molar-refractivity contribution < 1.29 is 9.53 Å². The highest BCUT2D eigenvalue weighted by molar-refractivity contribution is 5.72. The second-order valence-electron chi connectivity index (χ2n) is 3.41. The smallest absolute Gasteiger partial charge is 0.308 e. The molecule has 70 valence electrons. The highest BCUT2D eigenvalue weighted by Crippen LogP contribution is 2.29. The van der Waals surface area contributed by atoms with Gasteiger partial charge < -0.3 is 10.5 Å². The maximum atomic E-state index is 11.3. The van der Waals surface area contributed by atoms with E-state index in [2.05, 4.69) is 0 Å². The summed E-state index contributed by atoms with van der Waals surface area (Å²) in [5.41, 5.74) is 5.58. The van der Waals surface area contributed by atoms with E-state index < -0.39 is 0 Å². The standard InChI is InChI=1S/C9H17NO2/c1-12-9(11)8-5-3-2-4-7(8)6-10/h7-8H,2-6,10H2,1H3/t7-,8-/m1/s1. The van der Waals surface area contributed by atoms with E-state index in [1.807, 2.05) is 0 Å². The molecule has 1 aliphatic carbocycles. The van der Waals surface area contributed by atoms with Crippen LogP contribution >= 0.6 is 0 Å². The number of rotatable bonds is 2. The topological polar surface area (TPSA) is 52.3 Å². The van der Waals surface area contributed by atoms with E-state index in [0.29, 0.717) is 12.5 Å². The van der Waals surface area contributed by atoms with Crippen LogP contribution in [0, 0.1) is 11.8 Å². The van der Waals surface area contributed by atoms with Crippen molar-refractivity contribution >= 4 is 5.97 Å². The summed E-state index contributed by atoms with van der Waals surface area (Å²) in [5.74, 6) is 0.338. The van der Waals surface area contributed by atoms with E-state index in [4.69, 9.17) is 10.5 Å². The molecule has 0 aromatic heterocycles. The van der Waals surface area contributed by atoms with Gasteiger partial charge in [0.2, 0.25) is 0 Å². The molecule has 0 bridgehead atoms. The number of nitrogens with two attached hydrogens (primary N) is 1. The summed E-state index contributed by atoms with van der Waals surface area (Å²) in [4.78, 5) is 11.3. The molecule has 0 unspecified atom stereocenters. The summed E-state index contributed by atoms with van der Waals surface area (Å²) in [6.45, 7) is 0.611. The van der Waals surface area contributed by atoms with Gasteiger partial charge in [-0.3, -0.25) is 4.79 Å². The fourth-order valence-corrected chi connectivity index (χ4v) is 1.95. The predicted molar refractivity (Wildman–Crippen MR) is 46.5 cm³/mol. The number of hydrogen-bond donors (Lipinski definition) is 1. The minimum absolute atomic E-state index is 0.0637. The van der Waals surface area contributed by atoms with Crippen LogP contribution in [-0.4, -0.2) is 19.6 Å². The first kappa shape index (κ1) is 9.52. The predicted octanol–water partition coefficient (Wildman–Crippen LogP) is 0.924. The van der Waals surface area contributed by atoms with Crippen LogP contribution in [0.15, 0.2) is 0 Å². The lowest BCUT2D eigenvalue weighted by Crippen LogP contribution is -2.32. The number of methoxy groups -OCH3 is 1. The molecule has 0 spiro atoms. The third-order valence-corrected chi connectivity index (χ3v) is 2.72. The van der Waals surface area contributed by atoms with Crippen molar-refractivity contribution in [2.24, 2.45) is 17.6 Å². The van der Waals surface area contributed by atoms with Gasteiger partial charge in [-0.05, 0) is 25.3 Å². The third-order valence-electron chi connectivity index (χ3n) is 2.72.